The van der Waals surface area contributed by atoms with Crippen molar-refractivity contribution in [2.75, 3.05) is 51.6 Å². The number of halogens is 2. The number of anilines is 1. The summed E-state index contributed by atoms with van der Waals surface area (Å²) in [5.74, 6) is 0.346. The van der Waals surface area contributed by atoms with Crippen LogP contribution in [0.25, 0.3) is 11.4 Å². The number of ether oxygens (including phenoxy) is 2. The second kappa shape index (κ2) is 17.9. The largest absolute Gasteiger partial charge is 0.477 e. The van der Waals surface area contributed by atoms with Crippen molar-refractivity contribution in [1.29, 1.82) is 5.26 Å². The van der Waals surface area contributed by atoms with Gasteiger partial charge in [-0.15, -0.1) is 11.3 Å². The number of fused-ring (bicyclic) bond motifs is 3. The maximum absolute atomic E-state index is 17.9. The molecule has 0 spiro atoms. The third-order valence-electron chi connectivity index (χ3n) is 13.0. The van der Waals surface area contributed by atoms with Crippen molar-refractivity contribution in [3.05, 3.63) is 73.2 Å². The molecule has 3 N–H and O–H groups in total. The summed E-state index contributed by atoms with van der Waals surface area (Å²) in [5, 5.41) is 20.9. The van der Waals surface area contributed by atoms with E-state index in [0.29, 0.717) is 59.1 Å². The van der Waals surface area contributed by atoms with Gasteiger partial charge in [0.05, 0.1) is 36.4 Å². The van der Waals surface area contributed by atoms with Crippen molar-refractivity contribution < 1.29 is 23.4 Å². The molecule has 314 valence electrons. The molecule has 0 radical (unpaired) electrons. The van der Waals surface area contributed by atoms with Crippen molar-refractivity contribution in [2.45, 2.75) is 131 Å². The number of hydrogen-bond donors (Lipinski definition) is 2. The van der Waals surface area contributed by atoms with Crippen LogP contribution in [0.3, 0.4) is 0 Å². The van der Waals surface area contributed by atoms with Crippen LogP contribution in [0.5, 0.6) is 0 Å². The van der Waals surface area contributed by atoms with Gasteiger partial charge in [-0.05, 0) is 120 Å². The molecule has 5 heterocycles. The Balaban J connectivity index is 1.39. The molecule has 0 amide bonds. The highest BCUT2D eigenvalue weighted by atomic mass is 32.1. The van der Waals surface area contributed by atoms with Gasteiger partial charge in [-0.25, -0.2) is 8.78 Å². The Kier molecular flexibility index (Phi) is 13.2. The normalized spacial score (nSPS) is 23.3. The number of nitriles is 1. The van der Waals surface area contributed by atoms with Gasteiger partial charge in [0, 0.05) is 60.4 Å². The minimum Gasteiger partial charge on any atom is -0.477 e. The Bertz CT molecular complexity index is 2020. The first-order chi connectivity index (χ1) is 27.9. The number of thiophene rings is 1. The summed E-state index contributed by atoms with van der Waals surface area (Å²) in [6.07, 6.45) is 12.0. The van der Waals surface area contributed by atoms with Crippen molar-refractivity contribution in [2.24, 2.45) is 10.4 Å². The van der Waals surface area contributed by atoms with Gasteiger partial charge in [-0.1, -0.05) is 31.9 Å². The van der Waals surface area contributed by atoms with Crippen molar-refractivity contribution in [3.8, 4) is 6.07 Å². The molecule has 12 heteroatoms. The van der Waals surface area contributed by atoms with Crippen LogP contribution in [-0.2, 0) is 22.7 Å². The van der Waals surface area contributed by atoms with Crippen LogP contribution < -0.4 is 5.73 Å². The molecule has 7 rings (SSSR count). The molecule has 4 aliphatic heterocycles. The lowest BCUT2D eigenvalue weighted by Gasteiger charge is -2.43. The highest BCUT2D eigenvalue weighted by Crippen LogP contribution is 2.49. The number of aliphatic hydroxyl groups is 1. The molecule has 1 saturated carbocycles. The molecule has 3 saturated heterocycles. The maximum atomic E-state index is 17.9. The molecule has 1 aromatic carbocycles. The quantitative estimate of drug-likeness (QED) is 0.104. The predicted octanol–water partition coefficient (Wildman–Crippen LogP) is 9.05. The number of benzene rings is 1. The van der Waals surface area contributed by atoms with E-state index in [1.54, 1.807) is 6.92 Å². The van der Waals surface area contributed by atoms with Crippen molar-refractivity contribution in [3.63, 3.8) is 0 Å². The Labute approximate surface area is 347 Å². The number of hydrogen-bond acceptors (Lipinski definition) is 9. The number of allylic oxidation sites excluding steroid dienone is 3. The van der Waals surface area contributed by atoms with Gasteiger partial charge < -0.3 is 30.1 Å². The predicted molar refractivity (Wildman–Crippen MR) is 229 cm³/mol. The third kappa shape index (κ3) is 8.40. The average molecular weight is 817 g/mol. The number of piperazine rings is 1. The fourth-order valence-electron chi connectivity index (χ4n) is 9.70. The first-order valence-electron chi connectivity index (χ1n) is 21.5. The number of nitrogens with zero attached hydrogens (tertiary/aromatic N) is 5. The highest BCUT2D eigenvalue weighted by molar-refractivity contribution is 7.17. The summed E-state index contributed by atoms with van der Waals surface area (Å²) in [4.78, 5) is 13.0. The van der Waals surface area contributed by atoms with Gasteiger partial charge in [0.2, 0.25) is 5.88 Å². The Morgan fingerprint density at radius 3 is 2.38 bits per heavy atom. The summed E-state index contributed by atoms with van der Waals surface area (Å²) in [6.45, 7) is 17.8. The van der Waals surface area contributed by atoms with Gasteiger partial charge >= 0.3 is 0 Å². The Morgan fingerprint density at radius 1 is 1.12 bits per heavy atom. The first kappa shape index (κ1) is 42.5. The highest BCUT2D eigenvalue weighted by Gasteiger charge is 2.46. The number of nitrogens with two attached hydrogens (primary N) is 1. The van der Waals surface area contributed by atoms with Gasteiger partial charge in [0.1, 0.15) is 28.6 Å². The minimum atomic E-state index is -0.504. The fourth-order valence-corrected chi connectivity index (χ4v) is 10.7. The Morgan fingerprint density at radius 2 is 1.79 bits per heavy atom. The molecule has 2 bridgehead atoms. The second-order valence-corrected chi connectivity index (χ2v) is 18.4. The van der Waals surface area contributed by atoms with Crippen LogP contribution in [0.4, 0.5) is 13.8 Å². The number of aliphatic imine (C=N–C) groups is 1. The molecule has 4 fully saturated rings. The number of nitrogen functional groups attached to an aromatic ring is 1. The number of likely N-dealkylation sites (tertiary alicyclic amines) is 2. The van der Waals surface area contributed by atoms with E-state index in [1.807, 2.05) is 27.7 Å². The summed E-state index contributed by atoms with van der Waals surface area (Å²) in [6, 6.07) is 2.45. The van der Waals surface area contributed by atoms with Crippen LogP contribution in [0.1, 0.15) is 136 Å². The number of amidine groups is 1. The smallest absolute Gasteiger partial charge is 0.211 e. The first-order valence-corrected chi connectivity index (χ1v) is 22.3. The summed E-state index contributed by atoms with van der Waals surface area (Å²) in [7, 11) is 0. The van der Waals surface area contributed by atoms with Crippen LogP contribution in [0.15, 0.2) is 28.6 Å². The zero-order valence-corrected chi connectivity index (χ0v) is 36.2. The molecule has 58 heavy (non-hydrogen) atoms. The zero-order valence-electron chi connectivity index (χ0n) is 35.4. The van der Waals surface area contributed by atoms with Gasteiger partial charge in [-0.2, -0.15) is 10.3 Å². The minimum absolute atomic E-state index is 0.116. The van der Waals surface area contributed by atoms with E-state index in [4.69, 9.17) is 20.2 Å². The number of unbranched alkanes of at least 4 members (excludes halogenated alkanes) is 1. The van der Waals surface area contributed by atoms with E-state index in [0.717, 1.165) is 99.3 Å². The van der Waals surface area contributed by atoms with Crippen LogP contribution >= 0.6 is 11.3 Å². The van der Waals surface area contributed by atoms with E-state index in [9.17, 15) is 10.4 Å². The van der Waals surface area contributed by atoms with Crippen LogP contribution in [-0.4, -0.2) is 89.7 Å². The van der Waals surface area contributed by atoms with E-state index >= 15 is 8.78 Å². The van der Waals surface area contributed by atoms with E-state index < -0.39 is 17.7 Å². The van der Waals surface area contributed by atoms with Crippen LogP contribution in [0.2, 0.25) is 0 Å². The molecule has 3 unspecified atom stereocenters. The maximum Gasteiger partial charge on any atom is 0.211 e. The third-order valence-corrected chi connectivity index (χ3v) is 14.0. The number of aliphatic hydroxyl groups excluding tert-OH is 1. The van der Waals surface area contributed by atoms with E-state index in [1.165, 1.54) is 18.9 Å². The number of β-amino-alcohol motifs (C(OH)–C–C–N with tert-alkyl or cyclic N) is 1. The SMILES string of the molecule is C/C=C(/F)c1sc(N)c(C#N)c1/C(=C(\C)CC)c1c(F)c(C)c(/C(=N\C(=C\CCC)OCC2(CN3CCCC3)CC2)N2C3CCC2CN(CC(C)O)C3)c2c1COC2. The lowest BCUT2D eigenvalue weighted by Crippen LogP contribution is -2.57. The van der Waals surface area contributed by atoms with E-state index in [-0.39, 0.29) is 46.2 Å². The summed E-state index contributed by atoms with van der Waals surface area (Å²) < 4.78 is 46.6. The molecular formula is C46H62F2N6O3S. The molecule has 3 atom stereocenters. The molecule has 1 aliphatic carbocycles. The van der Waals surface area contributed by atoms with Gasteiger partial charge in [0.25, 0.3) is 0 Å². The standard InChI is InChI=1S/C46H62F2N6O3S/c1-7-10-13-37(57-27-46(16-17-46)26-52-18-11-12-19-52)51-45(54-31-14-15-32(54)23-53(22-31)21-29(5)55)39-30(6)42(48)40(35-25-56-24-34(35)39)38(28(4)8-2)41-33(20-49)44(50)58-43(41)36(47)9-3/h9,13,29,31-32,55H,7-8,10-12,14-19,21-27,50H2,1-6H3/b36-9+,37-13-,38-28+,51-45+. The molecule has 9 nitrogen and oxygen atoms in total. The lowest BCUT2D eigenvalue weighted by atomic mass is 9.82. The molecule has 2 aromatic rings. The Hall–Kier alpha value is -3.60. The van der Waals surface area contributed by atoms with Crippen LogP contribution in [0, 0.1) is 29.5 Å². The molecular weight excluding hydrogens is 755 g/mol. The monoisotopic (exact) mass is 816 g/mol. The zero-order chi connectivity index (χ0) is 41.3. The fraction of sp³-hybridized carbons (Fsp3) is 0.609. The lowest BCUT2D eigenvalue weighted by molar-refractivity contribution is 0.0708. The summed E-state index contributed by atoms with van der Waals surface area (Å²) in [5.41, 5.74) is 11.4. The molecule has 5 aliphatic rings. The number of rotatable bonds is 15. The summed E-state index contributed by atoms with van der Waals surface area (Å²) >= 11 is 1.02. The molecule has 1 aromatic heterocycles. The van der Waals surface area contributed by atoms with Gasteiger partial charge in [0.15, 0.2) is 0 Å². The average Bonchev–Trinajstić information content (AvgIpc) is 3.57. The second-order valence-electron chi connectivity index (χ2n) is 17.3. The van der Waals surface area contributed by atoms with Crippen molar-refractivity contribution >= 4 is 33.6 Å². The van der Waals surface area contributed by atoms with E-state index in [2.05, 4.69) is 33.8 Å². The van der Waals surface area contributed by atoms with Crippen molar-refractivity contribution in [1.82, 2.24) is 14.7 Å². The van der Waals surface area contributed by atoms with Gasteiger partial charge in [-0.3, -0.25) is 4.90 Å². The topological polar surface area (TPSA) is 111 Å².